The van der Waals surface area contributed by atoms with E-state index >= 15 is 0 Å². The SMILES string of the molecule is Bc1ccc(OCC(=O)O)c(C(=O)C2C=NN(c3cccc(C(F)(F)F)c3)C2)c1. The van der Waals surface area contributed by atoms with E-state index in [0.29, 0.717) is 0 Å². The van der Waals surface area contributed by atoms with Gasteiger partial charge in [0.05, 0.1) is 29.3 Å². The average Bonchev–Trinajstić information content (AvgIpc) is 3.16. The molecule has 0 aromatic heterocycles. The first-order chi connectivity index (χ1) is 13.6. The van der Waals surface area contributed by atoms with E-state index in [1.165, 1.54) is 29.4 Å². The number of benzene rings is 2. The molecule has 3 rings (SSSR count). The molecule has 1 aliphatic rings. The number of Topliss-reactive ketones (excluding diaryl/α,β-unsaturated/α-hetero) is 1. The Morgan fingerprint density at radius 2 is 2.00 bits per heavy atom. The number of anilines is 1. The molecule has 1 atom stereocenters. The maximum atomic E-state index is 12.9. The summed E-state index contributed by atoms with van der Waals surface area (Å²) in [4.78, 5) is 23.7. The smallest absolute Gasteiger partial charge is 0.416 e. The molecule has 0 amide bonds. The number of hydrogen-bond acceptors (Lipinski definition) is 5. The third-order valence-corrected chi connectivity index (χ3v) is 4.32. The minimum absolute atomic E-state index is 0.0620. The lowest BCUT2D eigenvalue weighted by atomic mass is 9.90. The number of carboxylic acid groups (broad SMARTS) is 1. The zero-order valence-electron chi connectivity index (χ0n) is 15.3. The third-order valence-electron chi connectivity index (χ3n) is 4.32. The van der Waals surface area contributed by atoms with E-state index in [1.807, 2.05) is 0 Å². The van der Waals surface area contributed by atoms with E-state index in [4.69, 9.17) is 9.84 Å². The number of alkyl halides is 3. The fourth-order valence-corrected chi connectivity index (χ4v) is 2.91. The van der Waals surface area contributed by atoms with Gasteiger partial charge in [-0.3, -0.25) is 9.80 Å². The molecule has 29 heavy (non-hydrogen) atoms. The van der Waals surface area contributed by atoms with E-state index in [1.54, 1.807) is 20.0 Å². The summed E-state index contributed by atoms with van der Waals surface area (Å²) in [5.74, 6) is -2.11. The molecule has 0 aliphatic carbocycles. The van der Waals surface area contributed by atoms with Gasteiger partial charge in [0.2, 0.25) is 0 Å². The minimum Gasteiger partial charge on any atom is -0.481 e. The molecular formula is C19H16BF3N2O4. The summed E-state index contributed by atoms with van der Waals surface area (Å²) in [7, 11) is 1.77. The Bertz CT molecular complexity index is 978. The van der Waals surface area contributed by atoms with Gasteiger partial charge in [-0.1, -0.05) is 23.7 Å². The number of carboxylic acids is 1. The van der Waals surface area contributed by atoms with Crippen molar-refractivity contribution in [2.45, 2.75) is 6.18 Å². The van der Waals surface area contributed by atoms with Crippen LogP contribution in [0.3, 0.4) is 0 Å². The topological polar surface area (TPSA) is 79.2 Å². The molecule has 6 nitrogen and oxygen atoms in total. The molecule has 2 aromatic carbocycles. The van der Waals surface area contributed by atoms with Crippen molar-refractivity contribution >= 4 is 37.0 Å². The normalized spacial score (nSPS) is 16.1. The van der Waals surface area contributed by atoms with Crippen molar-refractivity contribution in [1.82, 2.24) is 0 Å². The fourth-order valence-electron chi connectivity index (χ4n) is 2.91. The summed E-state index contributed by atoms with van der Waals surface area (Å²) in [5, 5.41) is 14.2. The average molecular weight is 404 g/mol. The van der Waals surface area contributed by atoms with Gasteiger partial charge >= 0.3 is 12.1 Å². The van der Waals surface area contributed by atoms with Gasteiger partial charge in [-0.05, 0) is 24.3 Å². The summed E-state index contributed by atoms with van der Waals surface area (Å²) in [5.41, 5.74) is 0.398. The summed E-state index contributed by atoms with van der Waals surface area (Å²) in [6.07, 6.45) is -3.11. The lowest BCUT2D eigenvalue weighted by Crippen LogP contribution is -2.25. The largest absolute Gasteiger partial charge is 0.481 e. The van der Waals surface area contributed by atoms with Crippen LogP contribution < -0.4 is 15.2 Å². The van der Waals surface area contributed by atoms with Crippen LogP contribution in [0.15, 0.2) is 47.6 Å². The van der Waals surface area contributed by atoms with Gasteiger partial charge in [-0.15, -0.1) is 0 Å². The van der Waals surface area contributed by atoms with Crippen LogP contribution in [0.25, 0.3) is 0 Å². The molecule has 0 bridgehead atoms. The van der Waals surface area contributed by atoms with Crippen LogP contribution in [-0.2, 0) is 11.0 Å². The summed E-state index contributed by atoms with van der Waals surface area (Å²) in [6.45, 7) is -0.537. The minimum atomic E-state index is -4.48. The summed E-state index contributed by atoms with van der Waals surface area (Å²) >= 11 is 0. The number of ketones is 1. The standard InChI is InChI=1S/C19H16BF3N2O4/c20-13-4-5-16(29-10-17(26)27)15(7-13)18(28)11-8-24-25(9-11)14-3-1-2-12(6-14)19(21,22)23/h1-8,11H,9-10,20H2,(H,26,27). The number of ether oxygens (including phenoxy) is 1. The lowest BCUT2D eigenvalue weighted by molar-refractivity contribution is -0.139. The first-order valence-electron chi connectivity index (χ1n) is 8.63. The predicted molar refractivity (Wildman–Crippen MR) is 103 cm³/mol. The van der Waals surface area contributed by atoms with Crippen LogP contribution >= 0.6 is 0 Å². The van der Waals surface area contributed by atoms with Crippen LogP contribution in [0.5, 0.6) is 5.75 Å². The van der Waals surface area contributed by atoms with E-state index < -0.39 is 30.2 Å². The highest BCUT2D eigenvalue weighted by Gasteiger charge is 2.32. The van der Waals surface area contributed by atoms with Crippen molar-refractivity contribution in [2.75, 3.05) is 18.2 Å². The summed E-state index contributed by atoms with van der Waals surface area (Å²) < 4.78 is 44.0. The number of aliphatic carboxylic acids is 1. The molecule has 1 aliphatic heterocycles. The van der Waals surface area contributed by atoms with Gasteiger partial charge < -0.3 is 9.84 Å². The van der Waals surface area contributed by atoms with Gasteiger partial charge in [-0.2, -0.15) is 18.3 Å². The number of nitrogens with zero attached hydrogens (tertiary/aromatic N) is 2. The Labute approximate surface area is 165 Å². The second-order valence-corrected chi connectivity index (χ2v) is 6.55. The van der Waals surface area contributed by atoms with Crippen LogP contribution in [0.4, 0.5) is 18.9 Å². The Balaban J connectivity index is 1.79. The molecule has 0 spiro atoms. The highest BCUT2D eigenvalue weighted by Crippen LogP contribution is 2.33. The van der Waals surface area contributed by atoms with E-state index in [2.05, 4.69) is 5.10 Å². The van der Waals surface area contributed by atoms with E-state index in [0.717, 1.165) is 17.6 Å². The van der Waals surface area contributed by atoms with E-state index in [-0.39, 0.29) is 29.3 Å². The number of hydrazone groups is 1. The van der Waals surface area contributed by atoms with Crippen LogP contribution in [-0.4, -0.2) is 44.1 Å². The maximum absolute atomic E-state index is 12.9. The number of hydrogen-bond donors (Lipinski definition) is 1. The highest BCUT2D eigenvalue weighted by atomic mass is 19.4. The first-order valence-corrected chi connectivity index (χ1v) is 8.63. The molecule has 1 N–H and O–H groups in total. The zero-order valence-corrected chi connectivity index (χ0v) is 15.3. The molecule has 1 unspecified atom stereocenters. The quantitative estimate of drug-likeness (QED) is 0.586. The Kier molecular flexibility index (Phi) is 5.63. The third kappa shape index (κ3) is 4.76. The Morgan fingerprint density at radius 1 is 1.24 bits per heavy atom. The maximum Gasteiger partial charge on any atom is 0.416 e. The van der Waals surface area contributed by atoms with Crippen molar-refractivity contribution in [3.63, 3.8) is 0 Å². The van der Waals surface area contributed by atoms with Crippen molar-refractivity contribution in [1.29, 1.82) is 0 Å². The molecule has 0 radical (unpaired) electrons. The number of rotatable bonds is 6. The second-order valence-electron chi connectivity index (χ2n) is 6.55. The number of carbonyl (C=O) groups is 2. The van der Waals surface area contributed by atoms with Crippen LogP contribution in [0, 0.1) is 5.92 Å². The van der Waals surface area contributed by atoms with Crippen molar-refractivity contribution < 1.29 is 32.6 Å². The van der Waals surface area contributed by atoms with Gasteiger partial charge in [0.1, 0.15) is 13.6 Å². The van der Waals surface area contributed by atoms with Crippen molar-refractivity contribution in [3.05, 3.63) is 53.6 Å². The molecular weight excluding hydrogens is 388 g/mol. The van der Waals surface area contributed by atoms with Crippen molar-refractivity contribution in [3.8, 4) is 5.75 Å². The molecule has 0 saturated carbocycles. The molecule has 0 fully saturated rings. The Morgan fingerprint density at radius 3 is 2.69 bits per heavy atom. The van der Waals surface area contributed by atoms with Crippen LogP contribution in [0.1, 0.15) is 15.9 Å². The zero-order chi connectivity index (χ0) is 21.2. The highest BCUT2D eigenvalue weighted by molar-refractivity contribution is 6.33. The van der Waals surface area contributed by atoms with Crippen molar-refractivity contribution in [2.24, 2.45) is 11.0 Å². The summed E-state index contributed by atoms with van der Waals surface area (Å²) in [6, 6.07) is 9.48. The van der Waals surface area contributed by atoms with Gasteiger partial charge in [-0.25, -0.2) is 4.79 Å². The van der Waals surface area contributed by atoms with Gasteiger partial charge in [0.25, 0.3) is 0 Å². The molecule has 150 valence electrons. The molecule has 10 heteroatoms. The first kappa shape index (κ1) is 20.4. The fraction of sp³-hybridized carbons (Fsp3) is 0.211. The molecule has 2 aromatic rings. The van der Waals surface area contributed by atoms with E-state index in [9.17, 15) is 22.8 Å². The lowest BCUT2D eigenvalue weighted by Gasteiger charge is -2.18. The molecule has 0 saturated heterocycles. The number of halogens is 3. The monoisotopic (exact) mass is 404 g/mol. The van der Waals surface area contributed by atoms with Crippen LogP contribution in [0.2, 0.25) is 0 Å². The second kappa shape index (κ2) is 7.98. The molecule has 1 heterocycles. The predicted octanol–water partition coefficient (Wildman–Crippen LogP) is 1.73. The van der Waals surface area contributed by atoms with Gasteiger partial charge in [0.15, 0.2) is 12.4 Å². The Hall–Kier alpha value is -3.30. The van der Waals surface area contributed by atoms with Gasteiger partial charge in [0, 0.05) is 6.21 Å². The number of carbonyl (C=O) groups excluding carboxylic acids is 1.